The topological polar surface area (TPSA) is 29.5 Å². The minimum absolute atomic E-state index is 0.148. The van der Waals surface area contributed by atoms with E-state index >= 15 is 0 Å². The molecule has 3 nitrogen and oxygen atoms in total. The van der Waals surface area contributed by atoms with Gasteiger partial charge in [0.25, 0.3) is 0 Å². The Morgan fingerprint density at radius 1 is 1.62 bits per heavy atom. The van der Waals surface area contributed by atoms with Crippen molar-refractivity contribution in [1.29, 1.82) is 0 Å². The van der Waals surface area contributed by atoms with Crippen LogP contribution >= 0.6 is 0 Å². The molecule has 1 aliphatic rings. The largest absolute Gasteiger partial charge is 0.378 e. The van der Waals surface area contributed by atoms with Gasteiger partial charge in [-0.15, -0.1) is 0 Å². The van der Waals surface area contributed by atoms with Crippen LogP contribution in [0.25, 0.3) is 0 Å². The highest BCUT2D eigenvalue weighted by Gasteiger charge is 2.22. The van der Waals surface area contributed by atoms with E-state index in [1.165, 1.54) is 0 Å². The van der Waals surface area contributed by atoms with E-state index in [-0.39, 0.29) is 5.92 Å². The molecule has 0 spiro atoms. The lowest BCUT2D eigenvalue weighted by atomic mass is 10.0. The normalized spacial score (nSPS) is 25.1. The van der Waals surface area contributed by atoms with Crippen LogP contribution in [0.5, 0.6) is 0 Å². The molecule has 1 saturated heterocycles. The third-order valence-electron chi connectivity index (χ3n) is 2.60. The van der Waals surface area contributed by atoms with Crippen LogP contribution in [-0.2, 0) is 9.53 Å². The maximum absolute atomic E-state index is 11.5. The molecule has 0 aromatic rings. The highest BCUT2D eigenvalue weighted by Crippen LogP contribution is 2.11. The molecule has 1 heterocycles. The van der Waals surface area contributed by atoms with Crippen molar-refractivity contribution >= 4 is 5.78 Å². The van der Waals surface area contributed by atoms with Gasteiger partial charge in [-0.2, -0.15) is 0 Å². The van der Waals surface area contributed by atoms with Crippen molar-refractivity contribution in [3.05, 3.63) is 0 Å². The van der Waals surface area contributed by atoms with E-state index in [0.717, 1.165) is 13.2 Å². The average molecular weight is 185 g/mol. The summed E-state index contributed by atoms with van der Waals surface area (Å²) in [6, 6.07) is 0.295. The lowest BCUT2D eigenvalue weighted by Gasteiger charge is -2.32. The standard InChI is InChI=1S/C10H19NO2/c1-8(2)10(12)6-9-7-13-5-4-11(9)3/h8-9H,4-7H2,1-3H3. The van der Waals surface area contributed by atoms with Gasteiger partial charge in [0, 0.05) is 24.9 Å². The number of ketones is 1. The second-order valence-electron chi connectivity index (χ2n) is 4.03. The molecule has 0 N–H and O–H groups in total. The van der Waals surface area contributed by atoms with Gasteiger partial charge in [-0.3, -0.25) is 9.69 Å². The second-order valence-corrected chi connectivity index (χ2v) is 4.03. The van der Waals surface area contributed by atoms with Crippen LogP contribution in [0.3, 0.4) is 0 Å². The van der Waals surface area contributed by atoms with Crippen molar-refractivity contribution in [2.24, 2.45) is 5.92 Å². The fraction of sp³-hybridized carbons (Fsp3) is 0.900. The van der Waals surface area contributed by atoms with Gasteiger partial charge < -0.3 is 4.74 Å². The van der Waals surface area contributed by atoms with E-state index in [2.05, 4.69) is 11.9 Å². The maximum Gasteiger partial charge on any atom is 0.137 e. The Balaban J connectivity index is 2.38. The summed E-state index contributed by atoms with van der Waals surface area (Å²) in [6.07, 6.45) is 0.633. The summed E-state index contributed by atoms with van der Waals surface area (Å²) in [4.78, 5) is 13.7. The third-order valence-corrected chi connectivity index (χ3v) is 2.60. The van der Waals surface area contributed by atoms with Crippen molar-refractivity contribution < 1.29 is 9.53 Å². The van der Waals surface area contributed by atoms with Gasteiger partial charge in [0.15, 0.2) is 0 Å². The first-order chi connectivity index (χ1) is 6.11. The number of rotatable bonds is 3. The molecule has 0 radical (unpaired) electrons. The number of carbonyl (C=O) groups excluding carboxylic acids is 1. The summed E-state index contributed by atoms with van der Waals surface area (Å²) in [5.41, 5.74) is 0. The quantitative estimate of drug-likeness (QED) is 0.655. The summed E-state index contributed by atoms with van der Waals surface area (Å²) in [5, 5.41) is 0. The van der Waals surface area contributed by atoms with Crippen molar-refractivity contribution in [2.75, 3.05) is 26.8 Å². The molecule has 0 saturated carbocycles. The molecule has 3 heteroatoms. The van der Waals surface area contributed by atoms with Crippen LogP contribution in [0.4, 0.5) is 0 Å². The first kappa shape index (κ1) is 10.7. The van der Waals surface area contributed by atoms with Crippen LogP contribution in [-0.4, -0.2) is 43.5 Å². The number of ether oxygens (including phenoxy) is 1. The first-order valence-electron chi connectivity index (χ1n) is 4.92. The highest BCUT2D eigenvalue weighted by molar-refractivity contribution is 5.80. The van der Waals surface area contributed by atoms with E-state index in [9.17, 15) is 4.79 Å². The van der Waals surface area contributed by atoms with Gasteiger partial charge in [0.2, 0.25) is 0 Å². The van der Waals surface area contributed by atoms with Crippen LogP contribution < -0.4 is 0 Å². The fourth-order valence-corrected chi connectivity index (χ4v) is 1.42. The molecule has 13 heavy (non-hydrogen) atoms. The highest BCUT2D eigenvalue weighted by atomic mass is 16.5. The van der Waals surface area contributed by atoms with Gasteiger partial charge in [-0.05, 0) is 7.05 Å². The Labute approximate surface area is 80.1 Å². The summed E-state index contributed by atoms with van der Waals surface area (Å²) in [5.74, 6) is 0.484. The number of likely N-dealkylation sites (N-methyl/N-ethyl adjacent to an activating group) is 1. The zero-order valence-electron chi connectivity index (χ0n) is 8.75. The van der Waals surface area contributed by atoms with E-state index in [4.69, 9.17) is 4.74 Å². The SMILES string of the molecule is CC(C)C(=O)CC1COCCN1C. The summed E-state index contributed by atoms with van der Waals surface area (Å²) in [6.45, 7) is 6.34. The zero-order valence-corrected chi connectivity index (χ0v) is 8.75. The molecule has 76 valence electrons. The molecular formula is C10H19NO2. The van der Waals surface area contributed by atoms with Crippen LogP contribution in [0, 0.1) is 5.92 Å². The molecule has 1 fully saturated rings. The Hall–Kier alpha value is -0.410. The first-order valence-corrected chi connectivity index (χ1v) is 4.92. The third kappa shape index (κ3) is 3.08. The Bertz CT molecular complexity index is 180. The van der Waals surface area contributed by atoms with Crippen LogP contribution in [0.1, 0.15) is 20.3 Å². The van der Waals surface area contributed by atoms with Crippen LogP contribution in [0.15, 0.2) is 0 Å². The van der Waals surface area contributed by atoms with Gasteiger partial charge >= 0.3 is 0 Å². The van der Waals surface area contributed by atoms with E-state index < -0.39 is 0 Å². The van der Waals surface area contributed by atoms with Gasteiger partial charge in [0.05, 0.1) is 13.2 Å². The molecule has 0 bridgehead atoms. The van der Waals surface area contributed by atoms with Crippen molar-refractivity contribution in [3.63, 3.8) is 0 Å². The summed E-state index contributed by atoms with van der Waals surface area (Å²) in [7, 11) is 2.06. The van der Waals surface area contributed by atoms with Gasteiger partial charge in [-0.1, -0.05) is 13.8 Å². The van der Waals surface area contributed by atoms with Gasteiger partial charge in [-0.25, -0.2) is 0 Å². The second kappa shape index (κ2) is 4.72. The summed E-state index contributed by atoms with van der Waals surface area (Å²) < 4.78 is 5.34. The number of hydrogen-bond acceptors (Lipinski definition) is 3. The Morgan fingerprint density at radius 3 is 2.85 bits per heavy atom. The minimum atomic E-state index is 0.148. The molecule has 1 rings (SSSR count). The molecule has 1 atom stereocenters. The van der Waals surface area contributed by atoms with Crippen molar-refractivity contribution in [2.45, 2.75) is 26.3 Å². The van der Waals surface area contributed by atoms with E-state index in [1.54, 1.807) is 0 Å². The van der Waals surface area contributed by atoms with Crippen molar-refractivity contribution in [3.8, 4) is 0 Å². The van der Waals surface area contributed by atoms with Crippen LogP contribution in [0.2, 0.25) is 0 Å². The minimum Gasteiger partial charge on any atom is -0.378 e. The number of morpholine rings is 1. The zero-order chi connectivity index (χ0) is 9.84. The summed E-state index contributed by atoms with van der Waals surface area (Å²) >= 11 is 0. The molecule has 0 amide bonds. The van der Waals surface area contributed by atoms with Gasteiger partial charge in [0.1, 0.15) is 5.78 Å². The number of nitrogens with zero attached hydrogens (tertiary/aromatic N) is 1. The molecule has 1 aliphatic heterocycles. The Kier molecular flexibility index (Phi) is 3.88. The molecule has 1 unspecified atom stereocenters. The number of hydrogen-bond donors (Lipinski definition) is 0. The van der Waals surface area contributed by atoms with E-state index in [1.807, 2.05) is 13.8 Å². The smallest absolute Gasteiger partial charge is 0.137 e. The number of carbonyl (C=O) groups is 1. The monoisotopic (exact) mass is 185 g/mol. The van der Waals surface area contributed by atoms with E-state index in [0.29, 0.717) is 24.9 Å². The Morgan fingerprint density at radius 2 is 2.31 bits per heavy atom. The molecular weight excluding hydrogens is 166 g/mol. The molecule has 0 aromatic heterocycles. The lowest BCUT2D eigenvalue weighted by molar-refractivity contribution is -0.124. The molecule has 0 aliphatic carbocycles. The number of Topliss-reactive ketones (excluding diaryl/α,β-unsaturated/α-hetero) is 1. The lowest BCUT2D eigenvalue weighted by Crippen LogP contribution is -2.44. The average Bonchev–Trinajstić information content (AvgIpc) is 2.08. The molecule has 0 aromatic carbocycles. The van der Waals surface area contributed by atoms with Crippen molar-refractivity contribution in [1.82, 2.24) is 4.90 Å². The maximum atomic E-state index is 11.5. The predicted molar refractivity (Wildman–Crippen MR) is 51.7 cm³/mol. The fourth-order valence-electron chi connectivity index (χ4n) is 1.42. The predicted octanol–water partition coefficient (Wildman–Crippen LogP) is 0.932.